The van der Waals surface area contributed by atoms with Gasteiger partial charge in [0.1, 0.15) is 6.26 Å². The van der Waals surface area contributed by atoms with Crippen LogP contribution in [0.2, 0.25) is 0 Å². The van der Waals surface area contributed by atoms with Crippen LogP contribution in [0, 0.1) is 0 Å². The number of rotatable bonds is 6. The van der Waals surface area contributed by atoms with Gasteiger partial charge in [0.05, 0.1) is 29.6 Å². The number of ether oxygens (including phenoxy) is 1. The maximum Gasteiger partial charge on any atom is 0.341 e. The van der Waals surface area contributed by atoms with Gasteiger partial charge in [-0.3, -0.25) is 14.5 Å². The highest BCUT2D eigenvalue weighted by molar-refractivity contribution is 6.21. The Labute approximate surface area is 132 Å². The average molecular weight is 313 g/mol. The molecule has 0 saturated heterocycles. The van der Waals surface area contributed by atoms with Crippen LogP contribution >= 0.6 is 0 Å². The molecule has 118 valence electrons. The number of carbonyl (C=O) groups excluding carboxylic acids is 3. The van der Waals surface area contributed by atoms with Crippen molar-refractivity contribution in [2.75, 3.05) is 13.2 Å². The molecule has 6 nitrogen and oxygen atoms in total. The van der Waals surface area contributed by atoms with Gasteiger partial charge in [-0.15, -0.1) is 0 Å². The molecule has 0 bridgehead atoms. The molecule has 2 heterocycles. The van der Waals surface area contributed by atoms with Crippen molar-refractivity contribution in [3.63, 3.8) is 0 Å². The van der Waals surface area contributed by atoms with Crippen LogP contribution in [0.4, 0.5) is 0 Å². The molecule has 0 aliphatic carbocycles. The third-order valence-electron chi connectivity index (χ3n) is 3.64. The van der Waals surface area contributed by atoms with Crippen LogP contribution in [0.15, 0.2) is 47.3 Å². The minimum absolute atomic E-state index is 0.229. The maximum atomic E-state index is 12.1. The van der Waals surface area contributed by atoms with Crippen LogP contribution in [-0.2, 0) is 4.74 Å². The van der Waals surface area contributed by atoms with Crippen LogP contribution in [0.1, 0.15) is 43.9 Å². The third kappa shape index (κ3) is 3.01. The number of hydrogen-bond acceptors (Lipinski definition) is 5. The molecule has 3 rings (SSSR count). The second kappa shape index (κ2) is 6.48. The molecule has 23 heavy (non-hydrogen) atoms. The zero-order valence-electron chi connectivity index (χ0n) is 12.4. The van der Waals surface area contributed by atoms with E-state index in [1.807, 2.05) is 0 Å². The standard InChI is InChI=1S/C17H15NO5/c19-15-13-5-1-2-6-14(13)16(20)18(15)8-3-4-9-23-17(21)12-7-10-22-11-12/h1-2,5-7,10-11H,3-4,8-9H2. The lowest BCUT2D eigenvalue weighted by Gasteiger charge is -2.13. The van der Waals surface area contributed by atoms with Crippen molar-refractivity contribution >= 4 is 17.8 Å². The summed E-state index contributed by atoms with van der Waals surface area (Å²) in [6.07, 6.45) is 3.86. The van der Waals surface area contributed by atoms with E-state index in [0.717, 1.165) is 0 Å². The number of benzene rings is 1. The fourth-order valence-corrected chi connectivity index (χ4v) is 2.44. The first-order chi connectivity index (χ1) is 11.2. The number of hydrogen-bond donors (Lipinski definition) is 0. The molecule has 0 spiro atoms. The lowest BCUT2D eigenvalue weighted by molar-refractivity contribution is 0.0485. The second-order valence-corrected chi connectivity index (χ2v) is 5.16. The summed E-state index contributed by atoms with van der Waals surface area (Å²) in [7, 11) is 0. The number of unbranched alkanes of at least 4 members (excludes halogenated alkanes) is 1. The maximum absolute atomic E-state index is 12.1. The molecule has 1 aliphatic heterocycles. The van der Waals surface area contributed by atoms with Crippen LogP contribution in [0.5, 0.6) is 0 Å². The Hall–Kier alpha value is -2.89. The van der Waals surface area contributed by atoms with Crippen molar-refractivity contribution in [3.8, 4) is 0 Å². The summed E-state index contributed by atoms with van der Waals surface area (Å²) in [6, 6.07) is 8.32. The van der Waals surface area contributed by atoms with Gasteiger partial charge in [-0.1, -0.05) is 12.1 Å². The van der Waals surface area contributed by atoms with Crippen LogP contribution in [-0.4, -0.2) is 35.8 Å². The zero-order chi connectivity index (χ0) is 16.2. The van der Waals surface area contributed by atoms with Crippen LogP contribution < -0.4 is 0 Å². The van der Waals surface area contributed by atoms with E-state index < -0.39 is 5.97 Å². The minimum Gasteiger partial charge on any atom is -0.472 e. The second-order valence-electron chi connectivity index (χ2n) is 5.16. The molecule has 0 fully saturated rings. The highest BCUT2D eigenvalue weighted by Crippen LogP contribution is 2.22. The fraction of sp³-hybridized carbons (Fsp3) is 0.235. The Morgan fingerprint density at radius 2 is 1.74 bits per heavy atom. The molecule has 0 atom stereocenters. The molecule has 1 aromatic carbocycles. The van der Waals surface area contributed by atoms with Crippen LogP contribution in [0.25, 0.3) is 0 Å². The SMILES string of the molecule is O=C(OCCCCN1C(=O)c2ccccc2C1=O)c1ccoc1. The van der Waals surface area contributed by atoms with Gasteiger partial charge in [-0.2, -0.15) is 0 Å². The van der Waals surface area contributed by atoms with E-state index in [9.17, 15) is 14.4 Å². The van der Waals surface area contributed by atoms with E-state index >= 15 is 0 Å². The third-order valence-corrected chi connectivity index (χ3v) is 3.64. The lowest BCUT2D eigenvalue weighted by atomic mass is 10.1. The molecular weight excluding hydrogens is 298 g/mol. The smallest absolute Gasteiger partial charge is 0.341 e. The summed E-state index contributed by atoms with van der Waals surface area (Å²) < 4.78 is 9.88. The number of furan rings is 1. The number of fused-ring (bicyclic) bond motifs is 1. The highest BCUT2D eigenvalue weighted by atomic mass is 16.5. The quantitative estimate of drug-likeness (QED) is 0.465. The van der Waals surface area contributed by atoms with Gasteiger partial charge in [0, 0.05) is 6.54 Å². The Morgan fingerprint density at radius 3 is 2.35 bits per heavy atom. The van der Waals surface area contributed by atoms with E-state index in [4.69, 9.17) is 9.15 Å². The number of esters is 1. The number of amides is 2. The van der Waals surface area contributed by atoms with E-state index in [1.165, 1.54) is 23.5 Å². The van der Waals surface area contributed by atoms with Gasteiger partial charge in [0.2, 0.25) is 0 Å². The zero-order valence-corrected chi connectivity index (χ0v) is 12.4. The Kier molecular flexibility index (Phi) is 4.23. The predicted molar refractivity (Wildman–Crippen MR) is 80.0 cm³/mol. The first-order valence-corrected chi connectivity index (χ1v) is 7.33. The van der Waals surface area contributed by atoms with E-state index in [-0.39, 0.29) is 18.4 Å². The van der Waals surface area contributed by atoms with E-state index in [0.29, 0.717) is 36.1 Å². The van der Waals surface area contributed by atoms with Gasteiger partial charge in [0.25, 0.3) is 11.8 Å². The largest absolute Gasteiger partial charge is 0.472 e. The summed E-state index contributed by atoms with van der Waals surface area (Å²) in [4.78, 5) is 37.1. The predicted octanol–water partition coefficient (Wildman–Crippen LogP) is 2.51. The van der Waals surface area contributed by atoms with Crippen molar-refractivity contribution in [2.24, 2.45) is 0 Å². The summed E-state index contributed by atoms with van der Waals surface area (Å²) in [6.45, 7) is 0.544. The molecule has 2 amide bonds. The van der Waals surface area contributed by atoms with Crippen molar-refractivity contribution in [1.82, 2.24) is 4.90 Å². The normalized spacial score (nSPS) is 13.3. The van der Waals surface area contributed by atoms with Crippen molar-refractivity contribution < 1.29 is 23.5 Å². The molecule has 0 unspecified atom stereocenters. The summed E-state index contributed by atoms with van der Waals surface area (Å²) in [5.74, 6) is -0.971. The van der Waals surface area contributed by atoms with Crippen LogP contribution in [0.3, 0.4) is 0 Å². The number of carbonyl (C=O) groups is 3. The first kappa shape index (κ1) is 15.0. The summed E-state index contributed by atoms with van der Waals surface area (Å²) in [5.41, 5.74) is 1.26. The molecule has 0 N–H and O–H groups in total. The summed E-state index contributed by atoms with van der Waals surface area (Å²) >= 11 is 0. The van der Waals surface area contributed by atoms with Gasteiger partial charge in [-0.05, 0) is 31.0 Å². The number of imide groups is 1. The van der Waals surface area contributed by atoms with Gasteiger partial charge < -0.3 is 9.15 Å². The fourth-order valence-electron chi connectivity index (χ4n) is 2.44. The van der Waals surface area contributed by atoms with Crippen molar-refractivity contribution in [2.45, 2.75) is 12.8 Å². The van der Waals surface area contributed by atoms with Gasteiger partial charge in [-0.25, -0.2) is 4.79 Å². The minimum atomic E-state index is -0.445. The molecule has 0 radical (unpaired) electrons. The van der Waals surface area contributed by atoms with Gasteiger partial charge >= 0.3 is 5.97 Å². The highest BCUT2D eigenvalue weighted by Gasteiger charge is 2.34. The Balaban J connectivity index is 1.44. The molecule has 1 aromatic heterocycles. The van der Waals surface area contributed by atoms with E-state index in [1.54, 1.807) is 24.3 Å². The molecular formula is C17H15NO5. The monoisotopic (exact) mass is 313 g/mol. The van der Waals surface area contributed by atoms with Gasteiger partial charge in [0.15, 0.2) is 0 Å². The average Bonchev–Trinajstić information content (AvgIpc) is 3.18. The Morgan fingerprint density at radius 1 is 1.04 bits per heavy atom. The number of nitrogens with zero attached hydrogens (tertiary/aromatic N) is 1. The summed E-state index contributed by atoms with van der Waals surface area (Å²) in [5, 5.41) is 0. The first-order valence-electron chi connectivity index (χ1n) is 7.33. The van der Waals surface area contributed by atoms with Crippen molar-refractivity contribution in [1.29, 1.82) is 0 Å². The molecule has 6 heteroatoms. The topological polar surface area (TPSA) is 76.8 Å². The Bertz CT molecular complexity index is 700. The van der Waals surface area contributed by atoms with Crippen molar-refractivity contribution in [3.05, 3.63) is 59.5 Å². The lowest BCUT2D eigenvalue weighted by Crippen LogP contribution is -2.30. The molecule has 1 aliphatic rings. The molecule has 2 aromatic rings. The van der Waals surface area contributed by atoms with E-state index in [2.05, 4.69) is 0 Å². The molecule has 0 saturated carbocycles.